The van der Waals surface area contributed by atoms with Crippen molar-refractivity contribution in [3.63, 3.8) is 0 Å². The van der Waals surface area contributed by atoms with Gasteiger partial charge in [-0.15, -0.1) is 0 Å². The number of hydrogen-bond donors (Lipinski definition) is 2. The molecule has 0 unspecified atom stereocenters. The lowest BCUT2D eigenvalue weighted by Gasteiger charge is -2.22. The Morgan fingerprint density at radius 3 is 2.29 bits per heavy atom. The van der Waals surface area contributed by atoms with Crippen LogP contribution in [0, 0.1) is 12.8 Å². The number of urea groups is 1. The molecule has 0 aromatic heterocycles. The molecule has 1 aromatic rings. The zero-order valence-corrected chi connectivity index (χ0v) is 17.6. The summed E-state index contributed by atoms with van der Waals surface area (Å²) in [6, 6.07) is 6.55. The minimum atomic E-state index is -3.56. The molecule has 0 spiro atoms. The van der Waals surface area contributed by atoms with Crippen molar-refractivity contribution in [3.05, 3.63) is 29.8 Å². The summed E-state index contributed by atoms with van der Waals surface area (Å²) in [4.78, 5) is 25.7. The van der Waals surface area contributed by atoms with Gasteiger partial charge in [-0.2, -0.15) is 4.31 Å². The fourth-order valence-electron chi connectivity index (χ4n) is 2.87. The lowest BCUT2D eigenvalue weighted by molar-refractivity contribution is -0.123. The monoisotopic (exact) mass is 410 g/mol. The normalized spacial score (nSPS) is 15.9. The average molecular weight is 411 g/mol. The molecule has 0 aliphatic carbocycles. The molecule has 28 heavy (non-hydrogen) atoms. The summed E-state index contributed by atoms with van der Waals surface area (Å²) in [7, 11) is -3.56. The number of carbonyl (C=O) groups is 2. The Morgan fingerprint density at radius 2 is 1.64 bits per heavy atom. The Kier molecular flexibility index (Phi) is 7.82. The molecule has 1 heterocycles. The number of sulfonamides is 1. The summed E-state index contributed by atoms with van der Waals surface area (Å²) in [6.45, 7) is 7.68. The second-order valence-electron chi connectivity index (χ2n) is 7.24. The molecule has 3 amide bonds. The van der Waals surface area contributed by atoms with Crippen LogP contribution < -0.4 is 10.6 Å². The molecule has 8 nitrogen and oxygen atoms in total. The first-order valence-electron chi connectivity index (χ1n) is 9.59. The number of amides is 3. The molecule has 1 saturated heterocycles. The first-order chi connectivity index (χ1) is 13.2. The Bertz CT molecular complexity index is 778. The van der Waals surface area contributed by atoms with Crippen molar-refractivity contribution in [3.8, 4) is 0 Å². The number of nitrogens with one attached hydrogen (secondary N) is 2. The molecule has 156 valence electrons. The summed E-state index contributed by atoms with van der Waals surface area (Å²) in [6.07, 6.45) is 0.572. The topological polar surface area (TPSA) is 98.8 Å². The number of hydrogen-bond acceptors (Lipinski definition) is 4. The molecule has 0 saturated carbocycles. The van der Waals surface area contributed by atoms with Crippen LogP contribution in [0.4, 0.5) is 4.79 Å². The van der Waals surface area contributed by atoms with Crippen molar-refractivity contribution >= 4 is 22.0 Å². The van der Waals surface area contributed by atoms with Crippen LogP contribution in [-0.2, 0) is 14.8 Å². The highest BCUT2D eigenvalue weighted by molar-refractivity contribution is 7.89. The van der Waals surface area contributed by atoms with E-state index < -0.39 is 10.0 Å². The summed E-state index contributed by atoms with van der Waals surface area (Å²) >= 11 is 0. The SMILES string of the molecule is Cc1ccc(S(=O)(=O)N2CCCN(C(=O)NCCNC(=O)C(C)C)CC2)cc1. The highest BCUT2D eigenvalue weighted by Gasteiger charge is 2.28. The van der Waals surface area contributed by atoms with Crippen molar-refractivity contribution in [1.29, 1.82) is 0 Å². The van der Waals surface area contributed by atoms with E-state index in [0.717, 1.165) is 5.56 Å². The fraction of sp³-hybridized carbons (Fsp3) is 0.579. The maximum Gasteiger partial charge on any atom is 0.317 e. The number of rotatable bonds is 6. The Morgan fingerprint density at radius 1 is 1.00 bits per heavy atom. The van der Waals surface area contributed by atoms with E-state index in [4.69, 9.17) is 0 Å². The van der Waals surface area contributed by atoms with Gasteiger partial charge in [-0.3, -0.25) is 4.79 Å². The molecule has 0 bridgehead atoms. The van der Waals surface area contributed by atoms with Crippen molar-refractivity contribution in [1.82, 2.24) is 19.8 Å². The van der Waals surface area contributed by atoms with E-state index >= 15 is 0 Å². The second kappa shape index (κ2) is 9.88. The lowest BCUT2D eigenvalue weighted by atomic mass is 10.2. The predicted octanol–water partition coefficient (Wildman–Crippen LogP) is 1.17. The van der Waals surface area contributed by atoms with Crippen molar-refractivity contribution in [2.45, 2.75) is 32.1 Å². The van der Waals surface area contributed by atoms with Crippen LogP contribution in [-0.4, -0.2) is 68.8 Å². The van der Waals surface area contributed by atoms with E-state index in [1.165, 1.54) is 4.31 Å². The molecule has 1 aromatic carbocycles. The van der Waals surface area contributed by atoms with Crippen LogP contribution in [0.5, 0.6) is 0 Å². The van der Waals surface area contributed by atoms with E-state index in [9.17, 15) is 18.0 Å². The predicted molar refractivity (Wildman–Crippen MR) is 107 cm³/mol. The highest BCUT2D eigenvalue weighted by Crippen LogP contribution is 2.18. The zero-order valence-electron chi connectivity index (χ0n) is 16.8. The van der Waals surface area contributed by atoms with Gasteiger partial charge < -0.3 is 15.5 Å². The van der Waals surface area contributed by atoms with E-state index in [2.05, 4.69) is 10.6 Å². The Labute approximate surface area is 167 Å². The maximum atomic E-state index is 12.8. The average Bonchev–Trinajstić information content (AvgIpc) is 2.92. The smallest absolute Gasteiger partial charge is 0.317 e. The van der Waals surface area contributed by atoms with Gasteiger partial charge in [-0.1, -0.05) is 31.5 Å². The van der Waals surface area contributed by atoms with Crippen molar-refractivity contribution in [2.75, 3.05) is 39.3 Å². The largest absolute Gasteiger partial charge is 0.354 e. The van der Waals surface area contributed by atoms with Gasteiger partial charge in [0.25, 0.3) is 0 Å². The molecule has 2 rings (SSSR count). The third-order valence-corrected chi connectivity index (χ3v) is 6.54. The number of nitrogens with zero attached hydrogens (tertiary/aromatic N) is 2. The van der Waals surface area contributed by atoms with E-state index in [1.54, 1.807) is 29.2 Å². The standard InChI is InChI=1S/C19H30N4O4S/c1-15(2)18(24)20-9-10-21-19(25)22-11-4-12-23(14-13-22)28(26,27)17-7-5-16(3)6-8-17/h5-8,15H,4,9-14H2,1-3H3,(H,20,24)(H,21,25). The molecular weight excluding hydrogens is 380 g/mol. The third-order valence-electron chi connectivity index (χ3n) is 4.63. The molecule has 2 N–H and O–H groups in total. The van der Waals surface area contributed by atoms with Gasteiger partial charge in [-0.25, -0.2) is 13.2 Å². The van der Waals surface area contributed by atoms with Gasteiger partial charge in [0.1, 0.15) is 0 Å². The Balaban J connectivity index is 1.86. The molecule has 0 atom stereocenters. The molecule has 9 heteroatoms. The van der Waals surface area contributed by atoms with Gasteiger partial charge in [0.15, 0.2) is 0 Å². The van der Waals surface area contributed by atoms with Crippen LogP contribution in [0.25, 0.3) is 0 Å². The van der Waals surface area contributed by atoms with Gasteiger partial charge in [0.2, 0.25) is 15.9 Å². The highest BCUT2D eigenvalue weighted by atomic mass is 32.2. The molecule has 1 fully saturated rings. The van der Waals surface area contributed by atoms with Gasteiger partial charge >= 0.3 is 6.03 Å². The quantitative estimate of drug-likeness (QED) is 0.688. The maximum absolute atomic E-state index is 12.8. The lowest BCUT2D eigenvalue weighted by Crippen LogP contribution is -2.45. The van der Waals surface area contributed by atoms with E-state index in [-0.39, 0.29) is 29.3 Å². The zero-order chi connectivity index (χ0) is 20.7. The number of aryl methyl sites for hydroxylation is 1. The molecule has 1 aliphatic heterocycles. The summed E-state index contributed by atoms with van der Waals surface area (Å²) in [5.74, 6) is -0.149. The third kappa shape index (κ3) is 5.93. The van der Waals surface area contributed by atoms with Crippen LogP contribution in [0.3, 0.4) is 0 Å². The van der Waals surface area contributed by atoms with Gasteiger partial charge in [0, 0.05) is 45.2 Å². The number of benzene rings is 1. The van der Waals surface area contributed by atoms with Gasteiger partial charge in [-0.05, 0) is 25.5 Å². The van der Waals surface area contributed by atoms with Gasteiger partial charge in [0.05, 0.1) is 4.90 Å². The molecular formula is C19H30N4O4S. The Hall–Kier alpha value is -2.13. The molecule has 1 aliphatic rings. The number of carbonyl (C=O) groups excluding carboxylic acids is 2. The second-order valence-corrected chi connectivity index (χ2v) is 9.17. The summed E-state index contributed by atoms with van der Waals surface area (Å²) in [5.41, 5.74) is 1.00. The first kappa shape index (κ1) is 22.2. The van der Waals surface area contributed by atoms with Crippen molar-refractivity contribution < 1.29 is 18.0 Å². The minimum absolute atomic E-state index is 0.0547. The summed E-state index contributed by atoms with van der Waals surface area (Å²) < 4.78 is 27.1. The fourth-order valence-corrected chi connectivity index (χ4v) is 4.34. The molecule has 0 radical (unpaired) electrons. The van der Waals surface area contributed by atoms with E-state index in [0.29, 0.717) is 39.1 Å². The van der Waals surface area contributed by atoms with Crippen LogP contribution in [0.2, 0.25) is 0 Å². The van der Waals surface area contributed by atoms with Crippen LogP contribution >= 0.6 is 0 Å². The summed E-state index contributed by atoms with van der Waals surface area (Å²) in [5, 5.41) is 5.51. The first-order valence-corrected chi connectivity index (χ1v) is 11.0. The van der Waals surface area contributed by atoms with E-state index in [1.807, 2.05) is 20.8 Å². The van der Waals surface area contributed by atoms with Crippen molar-refractivity contribution in [2.24, 2.45) is 5.92 Å². The van der Waals surface area contributed by atoms with Crippen LogP contribution in [0.15, 0.2) is 29.2 Å². The van der Waals surface area contributed by atoms with Crippen LogP contribution in [0.1, 0.15) is 25.8 Å². The minimum Gasteiger partial charge on any atom is -0.354 e.